The molecule has 23 heteroatoms. The van der Waals surface area contributed by atoms with Crippen LogP contribution in [0.2, 0.25) is 0 Å². The molecular formula is C118H118FN19O3. The second-order valence-corrected chi connectivity index (χ2v) is 39.3. The van der Waals surface area contributed by atoms with Gasteiger partial charge in [0.1, 0.15) is 17.8 Å². The zero-order valence-corrected chi connectivity index (χ0v) is 81.3. The number of alkyl halides is 1. The van der Waals surface area contributed by atoms with Gasteiger partial charge in [0.05, 0.1) is 137 Å². The Morgan fingerprint density at radius 1 is 0.411 bits per heavy atom. The van der Waals surface area contributed by atoms with E-state index in [0.717, 1.165) is 211 Å². The monoisotopic (exact) mass is 1870 g/mol. The summed E-state index contributed by atoms with van der Waals surface area (Å²) in [4.78, 5) is 66.1. The molecule has 3 saturated carbocycles. The molecule has 7 aromatic heterocycles. The van der Waals surface area contributed by atoms with Crippen molar-refractivity contribution in [3.63, 3.8) is 0 Å². The zero-order valence-electron chi connectivity index (χ0n) is 81.3. The number of halogens is 1. The molecule has 3 aliphatic carbocycles. The predicted octanol–water partition coefficient (Wildman–Crippen LogP) is 23.1. The topological polar surface area (TPSA) is 230 Å². The quantitative estimate of drug-likeness (QED) is 0.0787. The number of piperidine rings is 1. The van der Waals surface area contributed by atoms with Crippen LogP contribution in [-0.2, 0) is 4.74 Å². The number of H-pyrrole nitrogens is 1. The molecular weight excluding hydrogens is 1750 g/mol. The number of fused-ring (bicyclic) bond motifs is 4. The van der Waals surface area contributed by atoms with Crippen LogP contribution in [0, 0.1) is 40.6 Å². The SMILES string of the molecule is CC(C)c1ccc(N2CCN(c3cnc4c(-c5ccc(C#N)cc5)cccc4c3C3CC3)CC2)nc1.COc1c(N2CCN(c3ccc(C(C)C)cn3)CC2)cnc2c(-c3ccc(C#N)cc3)cccc12.N#Cc1ccc(-c2cccc3c(C4CC4)c(N4CCN(c5cc[nH]c(=O)c5)CC4)cnc23)cc1.[C-]#[N+]c1ccc(-c2cccc3c(C4CC4)c(N4CC[C@@H](N5C[C@@H](C)O[C@@H](C)C5)[C@@H](F)C4)cnc23)cc1. The van der Waals surface area contributed by atoms with Crippen molar-refractivity contribution in [3.05, 3.63) is 316 Å². The van der Waals surface area contributed by atoms with E-state index in [9.17, 15) is 4.79 Å². The van der Waals surface area contributed by atoms with E-state index in [1.165, 1.54) is 93.9 Å². The first-order valence-electron chi connectivity index (χ1n) is 50.0. The largest absolute Gasteiger partial charge is 0.494 e. The van der Waals surface area contributed by atoms with Crippen molar-refractivity contribution in [2.75, 3.05) is 146 Å². The number of benzene rings is 8. The summed E-state index contributed by atoms with van der Waals surface area (Å²) >= 11 is 0. The van der Waals surface area contributed by atoms with Crippen LogP contribution in [0.5, 0.6) is 5.75 Å². The number of nitrogens with zero attached hydrogens (tertiary/aromatic N) is 18. The molecule has 141 heavy (non-hydrogen) atoms. The Hall–Kier alpha value is -15.1. The molecule has 8 aromatic carbocycles. The average Bonchev–Trinajstić information content (AvgIpc) is 1.66. The van der Waals surface area contributed by atoms with Crippen LogP contribution in [0.15, 0.2) is 254 Å². The lowest BCUT2D eigenvalue weighted by Gasteiger charge is -2.45. The summed E-state index contributed by atoms with van der Waals surface area (Å²) in [6.07, 6.45) is 21.3. The van der Waals surface area contributed by atoms with Gasteiger partial charge in [-0.05, 0) is 199 Å². The lowest BCUT2D eigenvalue weighted by Crippen LogP contribution is -2.58. The smallest absolute Gasteiger partial charge is 0.249 e. The molecule has 23 rings (SSSR count). The number of ether oxygens (including phenoxy) is 2. The number of nitriles is 3. The number of pyridine rings is 7. The maximum absolute atomic E-state index is 15.7. The Kier molecular flexibility index (Phi) is 27.5. The molecule has 0 amide bonds. The number of hydrogen-bond acceptors (Lipinski definition) is 20. The summed E-state index contributed by atoms with van der Waals surface area (Å²) in [7, 11) is 1.73. The highest BCUT2D eigenvalue weighted by Gasteiger charge is 2.41. The molecule has 0 unspecified atom stereocenters. The first-order valence-corrected chi connectivity index (χ1v) is 50.0. The van der Waals surface area contributed by atoms with Gasteiger partial charge in [0, 0.05) is 178 Å². The van der Waals surface area contributed by atoms with E-state index in [-0.39, 0.29) is 23.8 Å². The second kappa shape index (κ2) is 41.5. The van der Waals surface area contributed by atoms with Gasteiger partial charge in [0.15, 0.2) is 11.4 Å². The van der Waals surface area contributed by atoms with Crippen LogP contribution in [0.4, 0.5) is 50.2 Å². The molecule has 22 nitrogen and oxygen atoms in total. The maximum atomic E-state index is 15.7. The molecule has 12 heterocycles. The van der Waals surface area contributed by atoms with E-state index >= 15 is 4.39 Å². The number of nitrogens with one attached hydrogen (secondary N) is 1. The minimum atomic E-state index is -0.897. The van der Waals surface area contributed by atoms with Crippen LogP contribution >= 0.6 is 0 Å². The van der Waals surface area contributed by atoms with Crippen molar-refractivity contribution in [3.8, 4) is 68.5 Å². The van der Waals surface area contributed by atoms with Crippen LogP contribution in [0.1, 0.15) is 161 Å². The van der Waals surface area contributed by atoms with Gasteiger partial charge in [-0.15, -0.1) is 0 Å². The molecule has 15 aromatic rings. The third-order valence-corrected chi connectivity index (χ3v) is 29.3. The lowest BCUT2D eigenvalue weighted by atomic mass is 9.94. The number of methoxy groups -OCH3 is 1. The van der Waals surface area contributed by atoms with E-state index in [0.29, 0.717) is 58.5 Å². The fraction of sp³-hybridized carbons (Fsp3) is 0.331. The molecule has 5 aliphatic heterocycles. The van der Waals surface area contributed by atoms with Gasteiger partial charge in [-0.1, -0.05) is 167 Å². The summed E-state index contributed by atoms with van der Waals surface area (Å²) in [5.41, 5.74) is 27.6. The van der Waals surface area contributed by atoms with Crippen molar-refractivity contribution < 1.29 is 13.9 Å². The van der Waals surface area contributed by atoms with Crippen molar-refractivity contribution in [1.29, 1.82) is 15.8 Å². The van der Waals surface area contributed by atoms with Crippen molar-refractivity contribution in [2.24, 2.45) is 0 Å². The molecule has 0 radical (unpaired) electrons. The minimum absolute atomic E-state index is 0.0436. The van der Waals surface area contributed by atoms with Gasteiger partial charge < -0.3 is 48.8 Å². The van der Waals surface area contributed by atoms with E-state index in [1.807, 2.05) is 134 Å². The number of aromatic amines is 1. The third-order valence-electron chi connectivity index (χ3n) is 29.3. The number of aromatic nitrogens is 7. The van der Waals surface area contributed by atoms with Crippen LogP contribution < -0.4 is 44.6 Å². The summed E-state index contributed by atoms with van der Waals surface area (Å²) in [6, 6.07) is 75.3. The predicted molar refractivity (Wildman–Crippen MR) is 566 cm³/mol. The first kappa shape index (κ1) is 93.5. The molecule has 5 saturated heterocycles. The van der Waals surface area contributed by atoms with Gasteiger partial charge in [0.25, 0.3) is 0 Å². The Morgan fingerprint density at radius 2 is 0.773 bits per heavy atom. The number of piperazine rings is 3. The van der Waals surface area contributed by atoms with Gasteiger partial charge in [-0.25, -0.2) is 19.2 Å². The number of hydrogen-bond donors (Lipinski definition) is 1. The highest BCUT2D eigenvalue weighted by molar-refractivity contribution is 6.03. The number of anilines is 7. The molecule has 8 aliphatic rings. The van der Waals surface area contributed by atoms with Gasteiger partial charge in [0.2, 0.25) is 5.56 Å². The molecule has 0 spiro atoms. The van der Waals surface area contributed by atoms with Crippen molar-refractivity contribution in [2.45, 2.75) is 140 Å². The highest BCUT2D eigenvalue weighted by Crippen LogP contribution is 2.53. The molecule has 8 fully saturated rings. The fourth-order valence-electron chi connectivity index (χ4n) is 21.4. The minimum Gasteiger partial charge on any atom is -0.494 e. The maximum Gasteiger partial charge on any atom is 0.249 e. The van der Waals surface area contributed by atoms with E-state index in [1.54, 1.807) is 19.4 Å². The number of para-hydroxylation sites is 4. The Labute approximate surface area is 824 Å². The van der Waals surface area contributed by atoms with E-state index in [2.05, 4.69) is 212 Å². The average molecular weight is 1870 g/mol. The normalized spacial score (nSPS) is 18.3. The zero-order chi connectivity index (χ0) is 96.9. The Balaban J connectivity index is 0.000000115. The van der Waals surface area contributed by atoms with Gasteiger partial charge in [-0.2, -0.15) is 15.8 Å². The van der Waals surface area contributed by atoms with Gasteiger partial charge >= 0.3 is 0 Å². The van der Waals surface area contributed by atoms with Crippen LogP contribution in [0.25, 0.3) is 93.0 Å². The van der Waals surface area contributed by atoms with Gasteiger partial charge in [-0.3, -0.25) is 29.6 Å². The summed E-state index contributed by atoms with van der Waals surface area (Å²) in [5, 5.41) is 32.1. The molecule has 4 atom stereocenters. The summed E-state index contributed by atoms with van der Waals surface area (Å²) in [5.74, 6) is 5.66. The van der Waals surface area contributed by atoms with Crippen molar-refractivity contribution >= 4 is 89.4 Å². The van der Waals surface area contributed by atoms with E-state index < -0.39 is 6.17 Å². The summed E-state index contributed by atoms with van der Waals surface area (Å²) in [6.45, 7) is 34.0. The van der Waals surface area contributed by atoms with Crippen molar-refractivity contribution in [1.82, 2.24) is 39.8 Å². The third kappa shape index (κ3) is 20.3. The lowest BCUT2D eigenvalue weighted by molar-refractivity contribution is -0.0910. The first-order chi connectivity index (χ1) is 68.9. The number of rotatable bonds is 18. The Bertz CT molecular complexity index is 7270. The molecule has 710 valence electrons. The Morgan fingerprint density at radius 3 is 1.13 bits per heavy atom. The van der Waals surface area contributed by atoms with E-state index in [4.69, 9.17) is 61.7 Å². The molecule has 1 N–H and O–H groups in total. The standard InChI is InChI=1S/C31H31N5.C30H33FN4O.C29H29N5O.C28H25N5O/c1-21(2)25-12-13-29(33-19-25)36-16-14-35(15-17-36)28-20-34-31-26(23-8-6-22(18-32)7-9-23)4-3-5-27(31)30(28)24-10-11-24;1-19-16-35(17-20(2)36-19)27-13-14-34(18-26(27)31)28-15-33-30-24(21-9-11-23(32-3)12-10-21)5-4-6-25(30)29(28)22-7-8-22;1-20(2)23-11-12-27(31-18-23)34-15-13-33(14-16-34)26-19-32-28-24(5-4-6-25(28)29(26)35-3)22-9-7-21(17-30)8-10-22;29-17-19-4-6-20(7-5-19)23-2-1-3-24-27(21-8-9-21)25(18-31-28(23)24)33-14-12-32(13-15-33)22-10-11-30-26(34)16-22/h3-9,12-13,19-21,24H,10-11,14-17H2,1-2H3;4-6,9-12,15,19-20,22,26-27H,7-8,13-14,16-18H2,1-2H3;4-12,18-20H,13-16H2,1-3H3;1-7,10-11,16,18,21H,8-9,12-15H2,(H,30,34)/t;19-,20+,26-,27+;;/m.0../s1. The summed E-state index contributed by atoms with van der Waals surface area (Å²) < 4.78 is 27.5. The second-order valence-electron chi connectivity index (χ2n) is 39.3. The van der Waals surface area contributed by atoms with Crippen LogP contribution in [0.3, 0.4) is 0 Å². The highest BCUT2D eigenvalue weighted by atomic mass is 19.1. The molecule has 0 bridgehead atoms. The van der Waals surface area contributed by atoms with Crippen LogP contribution in [-0.4, -0.2) is 176 Å². The fourth-order valence-corrected chi connectivity index (χ4v) is 21.4. The number of morpholine rings is 1.